The number of fused-ring (bicyclic) bond motifs is 2. The van der Waals surface area contributed by atoms with Crippen LogP contribution < -0.4 is 5.32 Å². The van der Waals surface area contributed by atoms with Gasteiger partial charge in [-0.15, -0.1) is 0 Å². The van der Waals surface area contributed by atoms with E-state index in [2.05, 4.69) is 5.32 Å². The summed E-state index contributed by atoms with van der Waals surface area (Å²) in [4.78, 5) is 31.0. The Labute approximate surface area is 146 Å². The maximum Gasteiger partial charge on any atom is 0.410 e. The van der Waals surface area contributed by atoms with Crippen molar-refractivity contribution < 1.29 is 14.3 Å². The fourth-order valence-electron chi connectivity index (χ4n) is 3.48. The highest BCUT2D eigenvalue weighted by atomic mass is 16.6. The molecular weight excluding hydrogens is 318 g/mol. The molecule has 130 valence electrons. The average Bonchev–Trinajstić information content (AvgIpc) is 2.55. The number of rotatable bonds is 0. The van der Waals surface area contributed by atoms with E-state index in [1.165, 1.54) is 0 Å². The molecule has 1 amide bonds. The molecule has 3 heterocycles. The molecule has 0 radical (unpaired) electrons. The van der Waals surface area contributed by atoms with Gasteiger partial charge in [-0.2, -0.15) is 0 Å². The first-order valence-corrected chi connectivity index (χ1v) is 8.53. The largest absolute Gasteiger partial charge is 0.444 e. The van der Waals surface area contributed by atoms with E-state index in [0.717, 1.165) is 33.4 Å². The number of aromatic nitrogens is 1. The van der Waals surface area contributed by atoms with Crippen LogP contribution in [0.25, 0.3) is 10.9 Å². The number of anilines is 1. The number of nitrogens with one attached hydrogen (secondary N) is 1. The second-order valence-corrected chi connectivity index (χ2v) is 7.54. The first-order valence-electron chi connectivity index (χ1n) is 8.53. The van der Waals surface area contributed by atoms with Crippen LogP contribution in [-0.4, -0.2) is 40.5 Å². The van der Waals surface area contributed by atoms with E-state index in [9.17, 15) is 9.59 Å². The van der Waals surface area contributed by atoms with Crippen LogP contribution in [0.2, 0.25) is 0 Å². The van der Waals surface area contributed by atoms with Gasteiger partial charge >= 0.3 is 6.09 Å². The maximum atomic E-state index is 12.4. The standard InChI is InChI=1S/C19H21N3O3/c1-19(2,3)25-18(24)22-8-7-11-14(10-22)21-13-6-4-5-12-15(23)9-20-17(11)16(12)13/h4-6,20H,7-10H2,1-3H3. The van der Waals surface area contributed by atoms with Crippen LogP contribution in [0.15, 0.2) is 18.2 Å². The van der Waals surface area contributed by atoms with Crippen LogP contribution in [-0.2, 0) is 17.7 Å². The van der Waals surface area contributed by atoms with E-state index in [-0.39, 0.29) is 11.9 Å². The highest BCUT2D eigenvalue weighted by Gasteiger charge is 2.30. The van der Waals surface area contributed by atoms with Crippen molar-refractivity contribution in [1.29, 1.82) is 0 Å². The zero-order valence-corrected chi connectivity index (χ0v) is 14.7. The Morgan fingerprint density at radius 2 is 2.12 bits per heavy atom. The Morgan fingerprint density at radius 3 is 2.88 bits per heavy atom. The molecule has 0 saturated carbocycles. The van der Waals surface area contributed by atoms with E-state index >= 15 is 0 Å². The third-order valence-corrected chi connectivity index (χ3v) is 4.55. The number of hydrogen-bond donors (Lipinski definition) is 1. The van der Waals surface area contributed by atoms with Crippen LogP contribution in [0.5, 0.6) is 0 Å². The number of ether oxygens (including phenoxy) is 1. The third-order valence-electron chi connectivity index (χ3n) is 4.55. The Hall–Kier alpha value is -2.63. The monoisotopic (exact) mass is 339 g/mol. The Bertz CT molecular complexity index is 899. The predicted octanol–water partition coefficient (Wildman–Crippen LogP) is 3.14. The zero-order valence-electron chi connectivity index (χ0n) is 14.7. The highest BCUT2D eigenvalue weighted by Crippen LogP contribution is 2.36. The lowest BCUT2D eigenvalue weighted by Crippen LogP contribution is -2.40. The van der Waals surface area contributed by atoms with Crippen LogP contribution in [0.4, 0.5) is 10.5 Å². The number of carbonyl (C=O) groups is 2. The summed E-state index contributed by atoms with van der Waals surface area (Å²) in [5.41, 5.74) is 3.98. The van der Waals surface area contributed by atoms with Crippen molar-refractivity contribution in [3.8, 4) is 0 Å². The van der Waals surface area contributed by atoms with Gasteiger partial charge < -0.3 is 15.0 Å². The number of hydrogen-bond acceptors (Lipinski definition) is 5. The smallest absolute Gasteiger partial charge is 0.410 e. The van der Waals surface area contributed by atoms with Crippen molar-refractivity contribution in [2.45, 2.75) is 39.3 Å². The van der Waals surface area contributed by atoms with Gasteiger partial charge in [0.05, 0.1) is 24.3 Å². The summed E-state index contributed by atoms with van der Waals surface area (Å²) in [7, 11) is 0. The van der Waals surface area contributed by atoms with E-state index in [4.69, 9.17) is 9.72 Å². The first kappa shape index (κ1) is 15.9. The number of amides is 1. The lowest BCUT2D eigenvalue weighted by atomic mass is 9.93. The fraction of sp³-hybridized carbons (Fsp3) is 0.421. The number of pyridine rings is 1. The minimum Gasteiger partial charge on any atom is -0.444 e. The fourth-order valence-corrected chi connectivity index (χ4v) is 3.48. The lowest BCUT2D eigenvalue weighted by Gasteiger charge is -2.32. The average molecular weight is 339 g/mol. The molecule has 0 atom stereocenters. The Balaban J connectivity index is 1.74. The number of benzene rings is 1. The molecule has 2 aromatic rings. The lowest BCUT2D eigenvalue weighted by molar-refractivity contribution is 0.0221. The summed E-state index contributed by atoms with van der Waals surface area (Å²) in [6.07, 6.45) is 0.383. The second-order valence-electron chi connectivity index (χ2n) is 7.54. The summed E-state index contributed by atoms with van der Waals surface area (Å²) in [5.74, 6) is 0.0889. The number of ketones is 1. The van der Waals surface area contributed by atoms with E-state index in [0.29, 0.717) is 26.1 Å². The SMILES string of the molecule is CC(C)(C)OC(=O)N1CCc2c(nc3cccc4c3c2NCC4=O)C1. The second kappa shape index (κ2) is 5.44. The van der Waals surface area contributed by atoms with Crippen molar-refractivity contribution in [2.24, 2.45) is 0 Å². The van der Waals surface area contributed by atoms with Gasteiger partial charge in [0.15, 0.2) is 5.78 Å². The molecule has 0 unspecified atom stereocenters. The summed E-state index contributed by atoms with van der Waals surface area (Å²) in [6, 6.07) is 5.63. The summed E-state index contributed by atoms with van der Waals surface area (Å²) in [6.45, 7) is 6.90. The van der Waals surface area contributed by atoms with Crippen molar-refractivity contribution >= 4 is 28.5 Å². The van der Waals surface area contributed by atoms with Gasteiger partial charge in [0.1, 0.15) is 5.60 Å². The number of carbonyl (C=O) groups excluding carboxylic acids is 2. The summed E-state index contributed by atoms with van der Waals surface area (Å²) >= 11 is 0. The molecule has 25 heavy (non-hydrogen) atoms. The molecule has 1 aromatic carbocycles. The molecule has 6 heteroatoms. The highest BCUT2D eigenvalue weighted by molar-refractivity contribution is 6.16. The van der Waals surface area contributed by atoms with Gasteiger partial charge in [-0.1, -0.05) is 12.1 Å². The molecule has 0 fully saturated rings. The summed E-state index contributed by atoms with van der Waals surface area (Å²) in [5, 5.41) is 4.17. The quantitative estimate of drug-likeness (QED) is 0.798. The van der Waals surface area contributed by atoms with Gasteiger partial charge in [-0.3, -0.25) is 9.78 Å². The minimum absolute atomic E-state index is 0.0889. The molecule has 6 nitrogen and oxygen atoms in total. The van der Waals surface area contributed by atoms with Gasteiger partial charge in [-0.05, 0) is 33.3 Å². The zero-order chi connectivity index (χ0) is 17.8. The van der Waals surface area contributed by atoms with Gasteiger partial charge in [-0.25, -0.2) is 4.79 Å². The maximum absolute atomic E-state index is 12.4. The van der Waals surface area contributed by atoms with Crippen molar-refractivity contribution in [3.05, 3.63) is 35.0 Å². The molecule has 0 spiro atoms. The number of nitrogens with zero attached hydrogens (tertiary/aromatic N) is 2. The molecule has 0 bridgehead atoms. The minimum atomic E-state index is -0.517. The molecule has 2 aliphatic rings. The van der Waals surface area contributed by atoms with Crippen LogP contribution >= 0.6 is 0 Å². The molecule has 0 saturated heterocycles. The van der Waals surface area contributed by atoms with Gasteiger partial charge in [0.25, 0.3) is 0 Å². The molecule has 1 aromatic heterocycles. The number of Topliss-reactive ketones (excluding diaryl/α,β-unsaturated/α-hetero) is 1. The summed E-state index contributed by atoms with van der Waals surface area (Å²) < 4.78 is 5.48. The van der Waals surface area contributed by atoms with Crippen LogP contribution in [0, 0.1) is 0 Å². The topological polar surface area (TPSA) is 71.5 Å². The first-order chi connectivity index (χ1) is 11.8. The normalized spacial score (nSPS) is 16.4. The van der Waals surface area contributed by atoms with Crippen LogP contribution in [0.3, 0.4) is 0 Å². The van der Waals surface area contributed by atoms with E-state index in [1.54, 1.807) is 4.90 Å². The van der Waals surface area contributed by atoms with Crippen molar-refractivity contribution in [3.63, 3.8) is 0 Å². The molecule has 2 aliphatic heterocycles. The van der Waals surface area contributed by atoms with E-state index in [1.807, 2.05) is 39.0 Å². The predicted molar refractivity (Wildman–Crippen MR) is 94.9 cm³/mol. The van der Waals surface area contributed by atoms with Crippen molar-refractivity contribution in [1.82, 2.24) is 9.88 Å². The Morgan fingerprint density at radius 1 is 1.32 bits per heavy atom. The Kier molecular flexibility index (Phi) is 3.45. The third kappa shape index (κ3) is 2.71. The van der Waals surface area contributed by atoms with Gasteiger partial charge in [0, 0.05) is 28.7 Å². The molecule has 1 N–H and O–H groups in total. The van der Waals surface area contributed by atoms with Crippen molar-refractivity contribution in [2.75, 3.05) is 18.4 Å². The molecule has 4 rings (SSSR count). The molecule has 0 aliphatic carbocycles. The van der Waals surface area contributed by atoms with Crippen LogP contribution in [0.1, 0.15) is 42.4 Å². The molecular formula is C19H21N3O3. The van der Waals surface area contributed by atoms with Gasteiger partial charge in [0.2, 0.25) is 0 Å². The van der Waals surface area contributed by atoms with E-state index < -0.39 is 5.60 Å².